The van der Waals surface area contributed by atoms with Gasteiger partial charge in [-0.1, -0.05) is 37.3 Å². The summed E-state index contributed by atoms with van der Waals surface area (Å²) >= 11 is 0. The number of rotatable bonds is 19. The Labute approximate surface area is 209 Å². The van der Waals surface area contributed by atoms with Crippen LogP contribution in [0.15, 0.2) is 18.2 Å². The normalized spacial score (nSPS) is 11.5. The topological polar surface area (TPSA) is 109 Å². The monoisotopic (exact) mass is 488 g/mol. The molecule has 0 saturated carbocycles. The summed E-state index contributed by atoms with van der Waals surface area (Å²) in [4.78, 5) is 36.5. The molecule has 35 heavy (non-hydrogen) atoms. The number of carbonyl (C=O) groups is 3. The molecule has 9 heteroatoms. The predicted octanol–water partition coefficient (Wildman–Crippen LogP) is 0.956. The van der Waals surface area contributed by atoms with E-state index in [4.69, 9.17) is 9.47 Å². The molecule has 0 radical (unpaired) electrons. The highest BCUT2D eigenvalue weighted by Gasteiger charge is 2.23. The molecule has 1 aromatic carbocycles. The lowest BCUT2D eigenvalue weighted by atomic mass is 10.00. The van der Waals surface area contributed by atoms with E-state index < -0.39 is 6.04 Å². The number of aldehydes is 1. The van der Waals surface area contributed by atoms with Crippen LogP contribution in [0.4, 0.5) is 0 Å². The van der Waals surface area contributed by atoms with E-state index in [0.29, 0.717) is 57.8 Å². The van der Waals surface area contributed by atoms with E-state index in [9.17, 15) is 14.4 Å². The van der Waals surface area contributed by atoms with E-state index in [1.165, 1.54) is 0 Å². The molecule has 0 aliphatic heterocycles. The Bertz CT molecular complexity index is 822. The van der Waals surface area contributed by atoms with Crippen LogP contribution in [0.25, 0.3) is 0 Å². The fraction of sp³-hybridized carbons (Fsp3) is 0.577. The predicted molar refractivity (Wildman–Crippen MR) is 136 cm³/mol. The second kappa shape index (κ2) is 19.7. The maximum absolute atomic E-state index is 12.3. The van der Waals surface area contributed by atoms with E-state index in [0.717, 1.165) is 43.5 Å². The molecule has 1 aromatic rings. The van der Waals surface area contributed by atoms with Crippen molar-refractivity contribution in [1.29, 1.82) is 0 Å². The van der Waals surface area contributed by atoms with Crippen LogP contribution >= 0.6 is 0 Å². The van der Waals surface area contributed by atoms with Crippen LogP contribution in [0.2, 0.25) is 0 Å². The number of amides is 2. The van der Waals surface area contributed by atoms with Crippen molar-refractivity contribution in [2.45, 2.75) is 38.8 Å². The van der Waals surface area contributed by atoms with Crippen molar-refractivity contribution >= 4 is 18.6 Å². The van der Waals surface area contributed by atoms with Crippen LogP contribution in [0.1, 0.15) is 47.7 Å². The summed E-state index contributed by atoms with van der Waals surface area (Å²) < 4.78 is 11.0. The Morgan fingerprint density at radius 2 is 1.83 bits per heavy atom. The van der Waals surface area contributed by atoms with Gasteiger partial charge in [-0.3, -0.25) is 24.6 Å². The first-order valence-electron chi connectivity index (χ1n) is 12.1. The third-order valence-electron chi connectivity index (χ3n) is 5.28. The van der Waals surface area contributed by atoms with Gasteiger partial charge in [-0.15, -0.1) is 0 Å². The fourth-order valence-corrected chi connectivity index (χ4v) is 3.42. The molecular weight excluding hydrogens is 448 g/mol. The quantitative estimate of drug-likeness (QED) is 0.150. The lowest BCUT2D eigenvalue weighted by molar-refractivity contribution is -0.129. The average molecular weight is 489 g/mol. The minimum Gasteiger partial charge on any atom is -0.379 e. The van der Waals surface area contributed by atoms with Gasteiger partial charge < -0.3 is 20.1 Å². The molecule has 1 atom stereocenters. The van der Waals surface area contributed by atoms with Gasteiger partial charge in [0.25, 0.3) is 0 Å². The summed E-state index contributed by atoms with van der Waals surface area (Å²) in [6.07, 6.45) is 3.14. The van der Waals surface area contributed by atoms with Gasteiger partial charge in [-0.2, -0.15) is 0 Å². The SMILES string of the molecule is CCCC(C(=O)NC=O)N(C)Cc1c(C#CCCOCCNCCOCCNC)cccc1C=O. The van der Waals surface area contributed by atoms with Crippen LogP contribution in [0.3, 0.4) is 0 Å². The van der Waals surface area contributed by atoms with E-state index in [-0.39, 0.29) is 5.91 Å². The van der Waals surface area contributed by atoms with Crippen molar-refractivity contribution in [2.75, 3.05) is 60.2 Å². The highest BCUT2D eigenvalue weighted by atomic mass is 16.5. The molecule has 1 rings (SSSR count). The molecule has 0 aromatic heterocycles. The zero-order valence-corrected chi connectivity index (χ0v) is 21.2. The highest BCUT2D eigenvalue weighted by Crippen LogP contribution is 2.18. The molecule has 0 aliphatic carbocycles. The van der Waals surface area contributed by atoms with Crippen LogP contribution in [-0.2, 0) is 25.6 Å². The second-order valence-electron chi connectivity index (χ2n) is 7.97. The summed E-state index contributed by atoms with van der Waals surface area (Å²) in [5.41, 5.74) is 2.04. The number of nitrogens with one attached hydrogen (secondary N) is 3. The molecule has 0 aliphatic rings. The third-order valence-corrected chi connectivity index (χ3v) is 5.28. The van der Waals surface area contributed by atoms with Crippen molar-refractivity contribution in [3.8, 4) is 11.8 Å². The number of hydrogen-bond donors (Lipinski definition) is 3. The molecule has 0 spiro atoms. The Kier molecular flexibility index (Phi) is 17.1. The number of hydrogen-bond acceptors (Lipinski definition) is 8. The zero-order chi connectivity index (χ0) is 25.7. The largest absolute Gasteiger partial charge is 0.379 e. The number of benzene rings is 1. The van der Waals surface area contributed by atoms with Crippen LogP contribution < -0.4 is 16.0 Å². The fourth-order valence-electron chi connectivity index (χ4n) is 3.42. The van der Waals surface area contributed by atoms with Crippen LogP contribution in [-0.4, -0.2) is 89.7 Å². The molecule has 2 amide bonds. The van der Waals surface area contributed by atoms with Gasteiger partial charge in [-0.05, 0) is 32.1 Å². The molecule has 1 unspecified atom stereocenters. The third kappa shape index (κ3) is 12.6. The zero-order valence-electron chi connectivity index (χ0n) is 21.2. The van der Waals surface area contributed by atoms with Crippen molar-refractivity contribution in [1.82, 2.24) is 20.9 Å². The number of imide groups is 1. The van der Waals surface area contributed by atoms with Crippen molar-refractivity contribution in [3.63, 3.8) is 0 Å². The maximum Gasteiger partial charge on any atom is 0.243 e. The minimum atomic E-state index is -0.479. The first-order valence-corrected chi connectivity index (χ1v) is 12.1. The first-order chi connectivity index (χ1) is 17.1. The van der Waals surface area contributed by atoms with Crippen LogP contribution in [0, 0.1) is 11.8 Å². The van der Waals surface area contributed by atoms with E-state index in [1.54, 1.807) is 19.2 Å². The molecular formula is C26H40N4O5. The lowest BCUT2D eigenvalue weighted by Crippen LogP contribution is -2.44. The maximum atomic E-state index is 12.3. The Morgan fingerprint density at radius 3 is 2.49 bits per heavy atom. The van der Waals surface area contributed by atoms with Gasteiger partial charge in [0, 0.05) is 43.7 Å². The minimum absolute atomic E-state index is 0.353. The van der Waals surface area contributed by atoms with E-state index in [1.807, 2.05) is 24.9 Å². The van der Waals surface area contributed by atoms with Crippen molar-refractivity contribution < 1.29 is 23.9 Å². The Balaban J connectivity index is 2.58. The number of carbonyl (C=O) groups excluding carboxylic acids is 3. The van der Waals surface area contributed by atoms with Gasteiger partial charge in [0.1, 0.15) is 6.29 Å². The molecule has 0 saturated heterocycles. The van der Waals surface area contributed by atoms with Gasteiger partial charge in [0.2, 0.25) is 12.3 Å². The highest BCUT2D eigenvalue weighted by molar-refractivity contribution is 5.90. The summed E-state index contributed by atoms with van der Waals surface area (Å²) in [6, 6.07) is 4.92. The molecule has 0 fully saturated rings. The van der Waals surface area contributed by atoms with Gasteiger partial charge in [0.15, 0.2) is 0 Å². The van der Waals surface area contributed by atoms with Crippen molar-refractivity contribution in [2.24, 2.45) is 0 Å². The summed E-state index contributed by atoms with van der Waals surface area (Å²) in [5, 5.41) is 8.52. The summed E-state index contributed by atoms with van der Waals surface area (Å²) in [5.74, 6) is 5.90. The van der Waals surface area contributed by atoms with Crippen LogP contribution in [0.5, 0.6) is 0 Å². The number of likely N-dealkylation sites (N-methyl/N-ethyl adjacent to an activating group) is 2. The standard InChI is InChI=1S/C26H40N4O5/c1-4-8-25(26(33)29-21-32)30(3)19-24-22(10-7-11-23(24)20-31)9-5-6-15-34-17-13-28-14-18-35-16-12-27-2/h7,10-11,20-21,25,27-28H,4,6,8,12-19H2,1-3H3,(H,29,32,33). The Hall–Kier alpha value is -2.61. The molecule has 3 N–H and O–H groups in total. The first kappa shape index (κ1) is 30.4. The number of nitrogens with zero attached hydrogens (tertiary/aromatic N) is 1. The summed E-state index contributed by atoms with van der Waals surface area (Å²) in [6.45, 7) is 7.20. The summed E-state index contributed by atoms with van der Waals surface area (Å²) in [7, 11) is 3.70. The molecule has 0 bridgehead atoms. The molecule has 9 nitrogen and oxygen atoms in total. The molecule has 194 valence electrons. The smallest absolute Gasteiger partial charge is 0.243 e. The molecule has 0 heterocycles. The Morgan fingerprint density at radius 1 is 1.11 bits per heavy atom. The van der Waals surface area contributed by atoms with Gasteiger partial charge in [-0.25, -0.2) is 0 Å². The lowest BCUT2D eigenvalue weighted by Gasteiger charge is -2.27. The van der Waals surface area contributed by atoms with Gasteiger partial charge in [0.05, 0.1) is 32.5 Å². The van der Waals surface area contributed by atoms with E-state index in [2.05, 4.69) is 27.8 Å². The van der Waals surface area contributed by atoms with E-state index >= 15 is 0 Å². The van der Waals surface area contributed by atoms with Gasteiger partial charge >= 0.3 is 0 Å². The van der Waals surface area contributed by atoms with Crippen molar-refractivity contribution in [3.05, 3.63) is 34.9 Å². The second-order valence-corrected chi connectivity index (χ2v) is 7.97. The number of ether oxygens (including phenoxy) is 2. The average Bonchev–Trinajstić information content (AvgIpc) is 2.86.